The van der Waals surface area contributed by atoms with Crippen LogP contribution in [-0.2, 0) is 21.5 Å². The van der Waals surface area contributed by atoms with E-state index in [1.807, 2.05) is 37.3 Å². The van der Waals surface area contributed by atoms with Gasteiger partial charge in [-0.15, -0.1) is 0 Å². The number of nitrogens with zero attached hydrogens (tertiary/aromatic N) is 3. The quantitative estimate of drug-likeness (QED) is 0.356. The summed E-state index contributed by atoms with van der Waals surface area (Å²) in [6.07, 6.45) is 4.97. The Balaban J connectivity index is 1.55. The van der Waals surface area contributed by atoms with E-state index >= 15 is 0 Å². The van der Waals surface area contributed by atoms with Gasteiger partial charge in [0.2, 0.25) is 11.8 Å². The number of hydrogen-bond acceptors (Lipinski definition) is 4. The second-order valence-electron chi connectivity index (χ2n) is 10.8. The molecule has 1 atom stereocenters. The molecule has 1 fully saturated rings. The largest absolute Gasteiger partial charge is 0.344 e. The lowest BCUT2D eigenvalue weighted by Gasteiger charge is -2.33. The van der Waals surface area contributed by atoms with Crippen molar-refractivity contribution in [3.63, 3.8) is 0 Å². The van der Waals surface area contributed by atoms with Gasteiger partial charge in [-0.05, 0) is 63.9 Å². The Bertz CT molecular complexity index is 1270. The third-order valence-electron chi connectivity index (χ3n) is 7.03. The van der Waals surface area contributed by atoms with Crippen LogP contribution >= 0.6 is 0 Å². The number of halogens is 2. The normalized spacial score (nSPS) is 14.8. The summed E-state index contributed by atoms with van der Waals surface area (Å²) < 4.78 is 29.2. The Kier molecular flexibility index (Phi) is 9.12. The van der Waals surface area contributed by atoms with Crippen molar-refractivity contribution in [1.82, 2.24) is 19.8 Å². The lowest BCUT2D eigenvalue weighted by Crippen LogP contribution is -2.44. The molecule has 4 rings (SSSR count). The van der Waals surface area contributed by atoms with Gasteiger partial charge in [-0.1, -0.05) is 43.7 Å². The molecule has 2 amide bonds. The van der Waals surface area contributed by atoms with Gasteiger partial charge in [0.05, 0.1) is 24.0 Å². The Hall–Kier alpha value is -3.59. The Morgan fingerprint density at radius 2 is 1.72 bits per heavy atom. The second kappa shape index (κ2) is 12.5. The molecule has 3 aromatic rings. The zero-order valence-corrected chi connectivity index (χ0v) is 22.8. The number of hydrogen-bond donors (Lipinski definition) is 2. The maximum absolute atomic E-state index is 13.6. The number of likely N-dealkylation sites (tertiary alicyclic amines) is 1. The van der Waals surface area contributed by atoms with E-state index in [9.17, 15) is 18.4 Å². The highest BCUT2D eigenvalue weighted by atomic mass is 19.1. The third kappa shape index (κ3) is 7.29. The van der Waals surface area contributed by atoms with Gasteiger partial charge in [-0.2, -0.15) is 0 Å². The molecule has 2 aromatic carbocycles. The molecule has 1 aliphatic rings. The van der Waals surface area contributed by atoms with E-state index in [0.717, 1.165) is 49.1 Å². The van der Waals surface area contributed by atoms with Crippen LogP contribution in [-0.4, -0.2) is 51.9 Å². The molecule has 1 unspecified atom stereocenters. The van der Waals surface area contributed by atoms with Crippen LogP contribution in [0.5, 0.6) is 0 Å². The van der Waals surface area contributed by atoms with Gasteiger partial charge in [-0.25, -0.2) is 13.8 Å². The van der Waals surface area contributed by atoms with Crippen LogP contribution in [0.4, 0.5) is 14.6 Å². The van der Waals surface area contributed by atoms with Crippen LogP contribution in [0.1, 0.15) is 52.0 Å². The van der Waals surface area contributed by atoms with E-state index in [1.54, 1.807) is 6.33 Å². The highest BCUT2D eigenvalue weighted by molar-refractivity contribution is 5.99. The highest BCUT2D eigenvalue weighted by Crippen LogP contribution is 2.33. The zero-order chi connectivity index (χ0) is 28.0. The average molecular weight is 538 g/mol. The summed E-state index contributed by atoms with van der Waals surface area (Å²) in [5, 5.41) is 5.68. The summed E-state index contributed by atoms with van der Waals surface area (Å²) in [5.41, 5.74) is 1.63. The molecular formula is C30H37F2N5O2. The minimum atomic E-state index is -0.827. The topological polar surface area (TPSA) is 79.3 Å². The van der Waals surface area contributed by atoms with Gasteiger partial charge < -0.3 is 20.1 Å². The lowest BCUT2D eigenvalue weighted by atomic mass is 10.0. The van der Waals surface area contributed by atoms with E-state index in [4.69, 9.17) is 0 Å². The molecule has 7 nitrogen and oxygen atoms in total. The summed E-state index contributed by atoms with van der Waals surface area (Å²) in [7, 11) is 0. The van der Waals surface area contributed by atoms with Crippen molar-refractivity contribution in [3.05, 3.63) is 72.1 Å². The minimum Gasteiger partial charge on any atom is -0.344 e. The Morgan fingerprint density at radius 1 is 1.05 bits per heavy atom. The van der Waals surface area contributed by atoms with Gasteiger partial charge >= 0.3 is 0 Å². The van der Waals surface area contributed by atoms with E-state index in [2.05, 4.69) is 38.9 Å². The lowest BCUT2D eigenvalue weighted by molar-refractivity contribution is -0.126. The van der Waals surface area contributed by atoms with Crippen molar-refractivity contribution in [1.29, 1.82) is 0 Å². The number of benzene rings is 2. The molecule has 1 aromatic heterocycles. The molecule has 39 heavy (non-hydrogen) atoms. The third-order valence-corrected chi connectivity index (χ3v) is 7.03. The molecule has 1 saturated heterocycles. The molecule has 208 valence electrons. The maximum atomic E-state index is 13.6. The zero-order valence-electron chi connectivity index (χ0n) is 22.8. The van der Waals surface area contributed by atoms with Crippen LogP contribution in [0.2, 0.25) is 0 Å². The molecule has 9 heteroatoms. The van der Waals surface area contributed by atoms with E-state index in [-0.39, 0.29) is 17.5 Å². The van der Waals surface area contributed by atoms with Crippen molar-refractivity contribution in [2.24, 2.45) is 0 Å². The van der Waals surface area contributed by atoms with Crippen molar-refractivity contribution >= 4 is 17.6 Å². The number of carbonyl (C=O) groups is 2. The van der Waals surface area contributed by atoms with Crippen molar-refractivity contribution in [2.45, 2.75) is 64.5 Å². The highest BCUT2D eigenvalue weighted by Gasteiger charge is 2.30. The van der Waals surface area contributed by atoms with Crippen LogP contribution in [0, 0.1) is 11.6 Å². The number of nitrogens with one attached hydrogen (secondary N) is 2. The minimum absolute atomic E-state index is 0.200. The van der Waals surface area contributed by atoms with Crippen LogP contribution < -0.4 is 10.6 Å². The summed E-state index contributed by atoms with van der Waals surface area (Å²) in [5.74, 6) is -1.97. The molecule has 0 spiro atoms. The molecule has 2 heterocycles. The van der Waals surface area contributed by atoms with Crippen LogP contribution in [0.25, 0.3) is 11.3 Å². The van der Waals surface area contributed by atoms with Gasteiger partial charge in [0.1, 0.15) is 17.7 Å². The first-order valence-electron chi connectivity index (χ1n) is 13.6. The number of amides is 2. The standard InChI is InChI=1S/C30H37F2N5O2/c1-4-10-25(34-26(38)17-21-15-23(31)18-24(32)16-21)29(39)35-28-27(22-11-6-5-7-12-22)37(20-33-28)30(2,3)19-36-13-8-9-14-36/h5-7,11-12,15-16,18,20,25H,4,8-10,13-14,17,19H2,1-3H3,(H,34,38)(H,35,39). The SMILES string of the molecule is CCCC(NC(=O)Cc1cc(F)cc(F)c1)C(=O)Nc1ncn(C(C)(C)CN2CCCC2)c1-c1ccccc1. The first-order chi connectivity index (χ1) is 18.7. The number of carbonyl (C=O) groups excluding carboxylic acids is 2. The van der Waals surface area contributed by atoms with Crippen molar-refractivity contribution in [2.75, 3.05) is 25.0 Å². The predicted molar refractivity (Wildman–Crippen MR) is 148 cm³/mol. The molecule has 1 aliphatic heterocycles. The molecule has 0 aliphatic carbocycles. The number of rotatable bonds is 11. The first kappa shape index (κ1) is 28.4. The van der Waals surface area contributed by atoms with Crippen molar-refractivity contribution in [3.8, 4) is 11.3 Å². The molecule has 0 saturated carbocycles. The molecule has 2 N–H and O–H groups in total. The Labute approximate surface area is 228 Å². The summed E-state index contributed by atoms with van der Waals surface area (Å²) in [6, 6.07) is 12.0. The van der Waals surface area contributed by atoms with Crippen LogP contribution in [0.3, 0.4) is 0 Å². The average Bonchev–Trinajstić information content (AvgIpc) is 3.53. The number of anilines is 1. The van der Waals surface area contributed by atoms with Crippen LogP contribution in [0.15, 0.2) is 54.9 Å². The maximum Gasteiger partial charge on any atom is 0.248 e. The summed E-state index contributed by atoms with van der Waals surface area (Å²) in [6.45, 7) is 9.25. The van der Waals surface area contributed by atoms with Gasteiger partial charge in [-0.3, -0.25) is 9.59 Å². The smallest absolute Gasteiger partial charge is 0.248 e. The number of aromatic nitrogens is 2. The fraction of sp³-hybridized carbons (Fsp3) is 0.433. The fourth-order valence-corrected chi connectivity index (χ4v) is 5.24. The summed E-state index contributed by atoms with van der Waals surface area (Å²) >= 11 is 0. The van der Waals surface area contributed by atoms with Gasteiger partial charge in [0, 0.05) is 18.2 Å². The monoisotopic (exact) mass is 537 g/mol. The van der Waals surface area contributed by atoms with Gasteiger partial charge in [0.25, 0.3) is 0 Å². The van der Waals surface area contributed by atoms with E-state index < -0.39 is 29.5 Å². The fourth-order valence-electron chi connectivity index (χ4n) is 5.24. The number of imidazole rings is 1. The second-order valence-corrected chi connectivity index (χ2v) is 10.8. The van der Waals surface area contributed by atoms with E-state index in [0.29, 0.717) is 18.7 Å². The van der Waals surface area contributed by atoms with Gasteiger partial charge in [0.15, 0.2) is 5.82 Å². The molecular weight excluding hydrogens is 500 g/mol. The predicted octanol–water partition coefficient (Wildman–Crippen LogP) is 5.13. The van der Waals surface area contributed by atoms with Crippen molar-refractivity contribution < 1.29 is 18.4 Å². The Morgan fingerprint density at radius 3 is 2.36 bits per heavy atom. The summed E-state index contributed by atoms with van der Waals surface area (Å²) in [4.78, 5) is 33.2. The first-order valence-corrected chi connectivity index (χ1v) is 13.6. The van der Waals surface area contributed by atoms with E-state index in [1.165, 1.54) is 12.8 Å². The molecule has 0 radical (unpaired) electrons. The molecule has 0 bridgehead atoms.